The van der Waals surface area contributed by atoms with Crippen LogP contribution < -0.4 is 0 Å². The molecule has 1 saturated heterocycles. The first kappa shape index (κ1) is 29.1. The second-order valence-corrected chi connectivity index (χ2v) is 11.9. The summed E-state index contributed by atoms with van der Waals surface area (Å²) in [6, 6.07) is 15.7. The van der Waals surface area contributed by atoms with Gasteiger partial charge in [-0.1, -0.05) is 60.8 Å². The number of benzene rings is 2. The number of nitrogens with zero attached hydrogens (tertiary/aromatic N) is 3. The number of likely N-dealkylation sites (tertiary alicyclic amines) is 1. The van der Waals surface area contributed by atoms with Gasteiger partial charge in [0, 0.05) is 31.1 Å². The Labute approximate surface area is 238 Å². The first-order valence-corrected chi connectivity index (χ1v) is 14.8. The number of hydrogen-bond acceptors (Lipinski definition) is 4. The Morgan fingerprint density at radius 2 is 1.82 bits per heavy atom. The molecule has 5 nitrogen and oxygen atoms in total. The van der Waals surface area contributed by atoms with Crippen LogP contribution in [0.1, 0.15) is 73.7 Å². The van der Waals surface area contributed by atoms with Crippen molar-refractivity contribution in [1.29, 1.82) is 0 Å². The summed E-state index contributed by atoms with van der Waals surface area (Å²) < 4.78 is 0. The van der Waals surface area contributed by atoms with Gasteiger partial charge in [-0.25, -0.2) is 0 Å². The van der Waals surface area contributed by atoms with Crippen molar-refractivity contribution >= 4 is 35.4 Å². The van der Waals surface area contributed by atoms with Crippen molar-refractivity contribution in [3.8, 4) is 0 Å². The van der Waals surface area contributed by atoms with Gasteiger partial charge >= 0.3 is 0 Å². The van der Waals surface area contributed by atoms with Gasteiger partial charge < -0.3 is 14.6 Å². The van der Waals surface area contributed by atoms with Gasteiger partial charge in [-0.05, 0) is 94.5 Å². The van der Waals surface area contributed by atoms with E-state index in [-0.39, 0.29) is 17.4 Å². The third-order valence-electron chi connectivity index (χ3n) is 8.37. The van der Waals surface area contributed by atoms with E-state index in [4.69, 9.17) is 23.2 Å². The lowest BCUT2D eigenvalue weighted by molar-refractivity contribution is -0.115. The minimum atomic E-state index is -0.184. The highest BCUT2D eigenvalue weighted by atomic mass is 35.5. The van der Waals surface area contributed by atoms with E-state index in [0.29, 0.717) is 28.2 Å². The molecule has 1 heterocycles. The lowest BCUT2D eigenvalue weighted by atomic mass is 9.93. The van der Waals surface area contributed by atoms with Crippen LogP contribution in [0, 0.1) is 0 Å². The van der Waals surface area contributed by atoms with E-state index in [2.05, 4.69) is 16.7 Å². The molecular weight excluding hydrogens is 517 g/mol. The second-order valence-electron chi connectivity index (χ2n) is 11.1. The van der Waals surface area contributed by atoms with Crippen LogP contribution in [0.3, 0.4) is 0 Å². The molecule has 0 unspecified atom stereocenters. The van der Waals surface area contributed by atoms with Crippen LogP contribution in [0.15, 0.2) is 48.5 Å². The highest BCUT2D eigenvalue weighted by Crippen LogP contribution is 2.42. The Bertz CT molecular complexity index is 1070. The van der Waals surface area contributed by atoms with Crippen LogP contribution in [0.25, 0.3) is 0 Å². The molecule has 38 heavy (non-hydrogen) atoms. The molecule has 1 amide bonds. The van der Waals surface area contributed by atoms with Gasteiger partial charge in [0.05, 0.1) is 15.6 Å². The van der Waals surface area contributed by atoms with Crippen LogP contribution in [0.5, 0.6) is 0 Å². The standard InChI is InChI=1S/C31H41Cl2N3O2/c1-3-4-17-36(31(23-37)15-16-31)27-13-19-35(20-14-27)18-12-26(25-10-11-28(32)29(33)21-25)22-34(2)30(38)24-8-6-5-7-9-24/h5-11,21,23,26-27H,3-4,12-20,22H2,1-2H3/t26-/m1/s1. The Morgan fingerprint density at radius 3 is 2.42 bits per heavy atom. The molecule has 0 radical (unpaired) electrons. The predicted molar refractivity (Wildman–Crippen MR) is 156 cm³/mol. The number of halogens is 2. The average Bonchev–Trinajstić information content (AvgIpc) is 3.74. The number of carbonyl (C=O) groups is 2. The Balaban J connectivity index is 1.38. The first-order chi connectivity index (χ1) is 18.4. The molecular formula is C31H41Cl2N3O2. The van der Waals surface area contributed by atoms with Gasteiger partial charge in [0.2, 0.25) is 0 Å². The van der Waals surface area contributed by atoms with Crippen molar-refractivity contribution in [2.45, 2.75) is 69.4 Å². The molecule has 1 saturated carbocycles. The third-order valence-corrected chi connectivity index (χ3v) is 9.11. The number of amides is 1. The van der Waals surface area contributed by atoms with E-state index in [1.54, 1.807) is 0 Å². The number of likely N-dealkylation sites (N-methyl/N-ethyl adjacent to an activating group) is 1. The molecule has 7 heteroatoms. The fourth-order valence-electron chi connectivity index (χ4n) is 5.84. The van der Waals surface area contributed by atoms with Crippen LogP contribution in [0.4, 0.5) is 0 Å². The van der Waals surface area contributed by atoms with Gasteiger partial charge in [0.25, 0.3) is 5.91 Å². The first-order valence-electron chi connectivity index (χ1n) is 14.1. The zero-order chi connectivity index (χ0) is 27.1. The summed E-state index contributed by atoms with van der Waals surface area (Å²) in [5.41, 5.74) is 1.62. The number of rotatable bonds is 13. The van der Waals surface area contributed by atoms with Gasteiger partial charge in [0.1, 0.15) is 6.29 Å². The number of piperidine rings is 1. The van der Waals surface area contributed by atoms with Gasteiger partial charge in [-0.2, -0.15) is 0 Å². The fraction of sp³-hybridized carbons (Fsp3) is 0.548. The molecule has 2 aromatic rings. The van der Waals surface area contributed by atoms with Crippen LogP contribution in [-0.4, -0.2) is 78.2 Å². The molecule has 0 aromatic heterocycles. The zero-order valence-corrected chi connectivity index (χ0v) is 24.3. The number of carbonyl (C=O) groups excluding carboxylic acids is 2. The van der Waals surface area contributed by atoms with Gasteiger partial charge in [-0.3, -0.25) is 9.69 Å². The highest BCUT2D eigenvalue weighted by Gasteiger charge is 2.50. The van der Waals surface area contributed by atoms with Crippen molar-refractivity contribution in [2.24, 2.45) is 0 Å². The monoisotopic (exact) mass is 557 g/mol. The van der Waals surface area contributed by atoms with Crippen molar-refractivity contribution < 1.29 is 9.59 Å². The fourth-order valence-corrected chi connectivity index (χ4v) is 6.14. The smallest absolute Gasteiger partial charge is 0.253 e. The normalized spacial score (nSPS) is 18.3. The van der Waals surface area contributed by atoms with Crippen molar-refractivity contribution in [3.63, 3.8) is 0 Å². The summed E-state index contributed by atoms with van der Waals surface area (Å²) in [5, 5.41) is 1.09. The van der Waals surface area contributed by atoms with Crippen molar-refractivity contribution in [3.05, 3.63) is 69.7 Å². The number of unbranched alkanes of at least 4 members (excludes halogenated alkanes) is 1. The molecule has 1 atom stereocenters. The van der Waals surface area contributed by atoms with Gasteiger partial charge in [0.15, 0.2) is 0 Å². The topological polar surface area (TPSA) is 43.9 Å². The van der Waals surface area contributed by atoms with Crippen LogP contribution in [-0.2, 0) is 4.79 Å². The molecule has 2 fully saturated rings. The summed E-state index contributed by atoms with van der Waals surface area (Å²) in [6.07, 6.45) is 8.67. The number of aldehydes is 1. The minimum absolute atomic E-state index is 0.0211. The lowest BCUT2D eigenvalue weighted by Crippen LogP contribution is -2.51. The molecule has 0 N–H and O–H groups in total. The van der Waals surface area contributed by atoms with Crippen molar-refractivity contribution in [2.75, 3.05) is 39.8 Å². The summed E-state index contributed by atoms with van der Waals surface area (Å²) in [5.74, 6) is 0.166. The van der Waals surface area contributed by atoms with E-state index in [9.17, 15) is 9.59 Å². The molecule has 0 spiro atoms. The molecule has 1 aliphatic carbocycles. The molecule has 2 aromatic carbocycles. The van der Waals surface area contributed by atoms with E-state index in [1.165, 1.54) is 6.29 Å². The minimum Gasteiger partial charge on any atom is -0.341 e. The predicted octanol–water partition coefficient (Wildman–Crippen LogP) is 6.54. The van der Waals surface area contributed by atoms with E-state index in [0.717, 1.165) is 76.7 Å². The van der Waals surface area contributed by atoms with Gasteiger partial charge in [-0.15, -0.1) is 0 Å². The molecule has 1 aliphatic heterocycles. The summed E-state index contributed by atoms with van der Waals surface area (Å²) in [6.45, 7) is 6.88. The summed E-state index contributed by atoms with van der Waals surface area (Å²) in [4.78, 5) is 31.8. The largest absolute Gasteiger partial charge is 0.341 e. The molecule has 4 rings (SSSR count). The molecule has 206 valence electrons. The maximum Gasteiger partial charge on any atom is 0.253 e. The Morgan fingerprint density at radius 1 is 1.11 bits per heavy atom. The Hall–Kier alpha value is -1.92. The molecule has 0 bridgehead atoms. The Kier molecular flexibility index (Phi) is 10.3. The molecule has 2 aliphatic rings. The summed E-state index contributed by atoms with van der Waals surface area (Å²) in [7, 11) is 1.87. The van der Waals surface area contributed by atoms with Crippen LogP contribution >= 0.6 is 23.2 Å². The second kappa shape index (κ2) is 13.4. The van der Waals surface area contributed by atoms with E-state index in [1.807, 2.05) is 60.5 Å². The maximum absolute atomic E-state index is 13.1. The zero-order valence-electron chi connectivity index (χ0n) is 22.8. The number of hydrogen-bond donors (Lipinski definition) is 0. The average molecular weight is 559 g/mol. The quantitative estimate of drug-likeness (QED) is 0.262. The van der Waals surface area contributed by atoms with Crippen LogP contribution in [0.2, 0.25) is 10.0 Å². The van der Waals surface area contributed by atoms with Crippen molar-refractivity contribution in [1.82, 2.24) is 14.7 Å². The van der Waals surface area contributed by atoms with E-state index < -0.39 is 0 Å². The third kappa shape index (κ3) is 7.18. The maximum atomic E-state index is 13.1. The summed E-state index contributed by atoms with van der Waals surface area (Å²) >= 11 is 12.6. The van der Waals surface area contributed by atoms with E-state index >= 15 is 0 Å². The highest BCUT2D eigenvalue weighted by molar-refractivity contribution is 6.42. The SMILES string of the molecule is CCCCN(C1CCN(CC[C@H](CN(C)C(=O)c2ccccc2)c2ccc(Cl)c(Cl)c2)CC1)C1(C=O)CC1. The lowest BCUT2D eigenvalue weighted by Gasteiger charge is -2.41.